The highest BCUT2D eigenvalue weighted by molar-refractivity contribution is 6.14. The van der Waals surface area contributed by atoms with E-state index >= 15 is 0 Å². The first kappa shape index (κ1) is 35.3. The molecule has 0 aliphatic heterocycles. The molecular weight excluding hydrogens is 689 g/mol. The van der Waals surface area contributed by atoms with Crippen LogP contribution in [-0.4, -0.2) is 11.5 Å². The highest BCUT2D eigenvalue weighted by Crippen LogP contribution is 2.36. The molecule has 2 nitrogen and oxygen atoms in total. The summed E-state index contributed by atoms with van der Waals surface area (Å²) in [5.74, 6) is 0.598. The van der Waals surface area contributed by atoms with Crippen molar-refractivity contribution < 1.29 is 0 Å². The van der Waals surface area contributed by atoms with Crippen LogP contribution in [0.3, 0.4) is 0 Å². The topological polar surface area (TPSA) is 24.7 Å². The van der Waals surface area contributed by atoms with Crippen molar-refractivity contribution in [3.8, 4) is 44.5 Å². The van der Waals surface area contributed by atoms with Crippen LogP contribution in [0.25, 0.3) is 71.7 Å². The van der Waals surface area contributed by atoms with Gasteiger partial charge in [-0.2, -0.15) is 0 Å². The summed E-state index contributed by atoms with van der Waals surface area (Å²) < 4.78 is 0. The Hall–Kier alpha value is -7.42. The molecule has 9 aromatic rings. The van der Waals surface area contributed by atoms with Gasteiger partial charge >= 0.3 is 0 Å². The fourth-order valence-corrected chi connectivity index (χ4v) is 7.61. The van der Waals surface area contributed by atoms with E-state index in [-0.39, 0.29) is 0 Å². The molecule has 0 amide bonds. The predicted molar refractivity (Wildman–Crippen MR) is 244 cm³/mol. The second kappa shape index (κ2) is 15.7. The van der Waals surface area contributed by atoms with Crippen molar-refractivity contribution in [1.29, 1.82) is 0 Å². The van der Waals surface area contributed by atoms with E-state index in [1.807, 2.05) is 12.1 Å². The lowest BCUT2D eigenvalue weighted by Gasteiger charge is -2.15. The molecule has 0 spiro atoms. The first-order chi connectivity index (χ1) is 28.1. The van der Waals surface area contributed by atoms with Crippen molar-refractivity contribution in [1.82, 2.24) is 0 Å². The van der Waals surface area contributed by atoms with Gasteiger partial charge in [-0.3, -0.25) is 0 Å². The Kier molecular flexibility index (Phi) is 9.75. The standard InChI is InChI=1S/C55H40N2/c1-38(40-27-31-44(32-28-40)42-15-5-3-6-16-42)56-55(57-39(2)41-29-33-45(34-30-41)43-17-7-4-8-18-43)50-36-48(53-25-13-21-46-19-9-11-23-51(46)53)35-49(37-50)54-26-14-22-47-20-10-12-24-52(47)54/h3-37H,1H2,2H3/b56-55-,57-39+. The van der Waals surface area contributed by atoms with Gasteiger partial charge in [0.25, 0.3) is 0 Å². The Morgan fingerprint density at radius 3 is 1.28 bits per heavy atom. The minimum atomic E-state index is 0.598. The smallest absolute Gasteiger partial charge is 0.160 e. The molecule has 0 heterocycles. The second-order valence-electron chi connectivity index (χ2n) is 14.3. The lowest BCUT2D eigenvalue weighted by Crippen LogP contribution is -2.05. The number of amidine groups is 1. The molecule has 0 saturated heterocycles. The van der Waals surface area contributed by atoms with Crippen molar-refractivity contribution in [3.05, 3.63) is 236 Å². The van der Waals surface area contributed by atoms with E-state index in [0.29, 0.717) is 11.5 Å². The van der Waals surface area contributed by atoms with Crippen molar-refractivity contribution >= 4 is 38.8 Å². The number of fused-ring (bicyclic) bond motifs is 2. The van der Waals surface area contributed by atoms with Crippen molar-refractivity contribution in [2.45, 2.75) is 6.92 Å². The highest BCUT2D eigenvalue weighted by atomic mass is 14.9. The molecule has 0 atom stereocenters. The molecule has 57 heavy (non-hydrogen) atoms. The van der Waals surface area contributed by atoms with Gasteiger partial charge < -0.3 is 0 Å². The van der Waals surface area contributed by atoms with Gasteiger partial charge in [0.05, 0.1) is 5.70 Å². The molecule has 0 fully saturated rings. The van der Waals surface area contributed by atoms with Gasteiger partial charge in [-0.1, -0.05) is 201 Å². The lowest BCUT2D eigenvalue weighted by atomic mass is 9.91. The molecule has 9 aromatic carbocycles. The van der Waals surface area contributed by atoms with Crippen molar-refractivity contribution in [3.63, 3.8) is 0 Å². The van der Waals surface area contributed by atoms with Crippen LogP contribution in [0.5, 0.6) is 0 Å². The molecule has 0 N–H and O–H groups in total. The molecule has 0 aromatic heterocycles. The van der Waals surface area contributed by atoms with Gasteiger partial charge in [0.2, 0.25) is 0 Å². The molecule has 0 radical (unpaired) electrons. The summed E-state index contributed by atoms with van der Waals surface area (Å²) in [5.41, 5.74) is 13.5. The third-order valence-corrected chi connectivity index (χ3v) is 10.6. The van der Waals surface area contributed by atoms with Crippen LogP contribution < -0.4 is 0 Å². The average Bonchev–Trinajstić information content (AvgIpc) is 3.29. The van der Waals surface area contributed by atoms with Crippen LogP contribution in [0.4, 0.5) is 0 Å². The predicted octanol–water partition coefficient (Wildman–Crippen LogP) is 14.6. The average molecular weight is 729 g/mol. The van der Waals surface area contributed by atoms with Gasteiger partial charge in [-0.15, -0.1) is 0 Å². The lowest BCUT2D eigenvalue weighted by molar-refractivity contribution is 1.44. The largest absolute Gasteiger partial charge is 0.233 e. The summed E-state index contributed by atoms with van der Waals surface area (Å²) in [7, 11) is 0. The molecule has 270 valence electrons. The molecule has 0 bridgehead atoms. The molecule has 0 aliphatic carbocycles. The number of hydrogen-bond acceptors (Lipinski definition) is 1. The fraction of sp³-hybridized carbons (Fsp3) is 0.0182. The van der Waals surface area contributed by atoms with Gasteiger partial charge in [0, 0.05) is 11.3 Å². The SMILES string of the molecule is C=C(/N=C(\N=C(/C)c1ccc(-c2ccccc2)cc1)c1cc(-c2cccc3ccccc23)cc(-c2cccc3ccccc23)c1)c1ccc(-c2ccccc2)cc1. The van der Waals surface area contributed by atoms with E-state index in [2.05, 4.69) is 214 Å². The Morgan fingerprint density at radius 2 is 0.772 bits per heavy atom. The fourth-order valence-electron chi connectivity index (χ4n) is 7.61. The zero-order valence-electron chi connectivity index (χ0n) is 31.8. The zero-order chi connectivity index (χ0) is 38.6. The number of aliphatic imine (C=N–C) groups is 2. The quantitative estimate of drug-likeness (QED) is 0.110. The third-order valence-electron chi connectivity index (χ3n) is 10.6. The summed E-state index contributed by atoms with van der Waals surface area (Å²) in [6.45, 7) is 6.56. The summed E-state index contributed by atoms with van der Waals surface area (Å²) in [6.07, 6.45) is 0. The first-order valence-electron chi connectivity index (χ1n) is 19.3. The summed E-state index contributed by atoms with van der Waals surface area (Å²) in [6, 6.07) is 74.9. The minimum absolute atomic E-state index is 0.598. The van der Waals surface area contributed by atoms with Crippen LogP contribution in [-0.2, 0) is 0 Å². The van der Waals surface area contributed by atoms with E-state index in [9.17, 15) is 0 Å². The molecule has 0 unspecified atom stereocenters. The maximum Gasteiger partial charge on any atom is 0.160 e. The summed E-state index contributed by atoms with van der Waals surface area (Å²) in [5, 5.41) is 4.78. The van der Waals surface area contributed by atoms with Gasteiger partial charge in [-0.25, -0.2) is 9.98 Å². The second-order valence-corrected chi connectivity index (χ2v) is 14.3. The van der Waals surface area contributed by atoms with E-state index in [1.54, 1.807) is 0 Å². The van der Waals surface area contributed by atoms with Crippen LogP contribution >= 0.6 is 0 Å². The molecule has 0 aliphatic rings. The van der Waals surface area contributed by atoms with Gasteiger partial charge in [0.15, 0.2) is 5.84 Å². The Morgan fingerprint density at radius 1 is 0.351 bits per heavy atom. The van der Waals surface area contributed by atoms with Crippen LogP contribution in [0, 0.1) is 0 Å². The van der Waals surface area contributed by atoms with Gasteiger partial charge in [-0.05, 0) is 102 Å². The number of hydrogen-bond donors (Lipinski definition) is 0. The number of nitrogens with zero attached hydrogens (tertiary/aromatic N) is 2. The van der Waals surface area contributed by atoms with E-state index in [1.165, 1.54) is 32.7 Å². The van der Waals surface area contributed by atoms with E-state index < -0.39 is 0 Å². The summed E-state index contributed by atoms with van der Waals surface area (Å²) in [4.78, 5) is 10.6. The number of rotatable bonds is 8. The van der Waals surface area contributed by atoms with Crippen LogP contribution in [0.2, 0.25) is 0 Å². The zero-order valence-corrected chi connectivity index (χ0v) is 31.8. The first-order valence-corrected chi connectivity index (χ1v) is 19.3. The Labute approximate surface area is 334 Å². The molecule has 2 heteroatoms. The maximum absolute atomic E-state index is 5.35. The monoisotopic (exact) mass is 728 g/mol. The van der Waals surface area contributed by atoms with E-state index in [0.717, 1.165) is 55.8 Å². The van der Waals surface area contributed by atoms with Crippen LogP contribution in [0.1, 0.15) is 23.6 Å². The Balaban J connectivity index is 1.22. The number of benzene rings is 9. The van der Waals surface area contributed by atoms with Crippen LogP contribution in [0.15, 0.2) is 229 Å². The normalized spacial score (nSPS) is 11.9. The van der Waals surface area contributed by atoms with E-state index in [4.69, 9.17) is 9.98 Å². The van der Waals surface area contributed by atoms with Gasteiger partial charge in [0.1, 0.15) is 0 Å². The summed E-state index contributed by atoms with van der Waals surface area (Å²) >= 11 is 0. The Bertz CT molecular complexity index is 2830. The maximum atomic E-state index is 5.35. The third kappa shape index (κ3) is 7.50. The molecule has 9 rings (SSSR count). The van der Waals surface area contributed by atoms with Crippen molar-refractivity contribution in [2.24, 2.45) is 9.98 Å². The minimum Gasteiger partial charge on any atom is -0.233 e. The molecular formula is C55H40N2. The molecule has 0 saturated carbocycles. The highest BCUT2D eigenvalue weighted by Gasteiger charge is 2.15. The van der Waals surface area contributed by atoms with Crippen molar-refractivity contribution in [2.75, 3.05) is 0 Å².